The third-order valence-electron chi connectivity index (χ3n) is 3.59. The molecule has 0 fully saturated rings. The topological polar surface area (TPSA) is 18.5 Å². The van der Waals surface area contributed by atoms with E-state index in [2.05, 4.69) is 6.92 Å². The van der Waals surface area contributed by atoms with Crippen LogP contribution in [0, 0.1) is 0 Å². The van der Waals surface area contributed by atoms with Gasteiger partial charge >= 0.3 is 0 Å². The molecule has 2 heteroatoms. The Kier molecular flexibility index (Phi) is 17.8. The quantitative estimate of drug-likeness (QED) is 0.265. The van der Waals surface area contributed by atoms with Crippen LogP contribution >= 0.6 is 0 Å². The molecule has 0 saturated carbocycles. The van der Waals surface area contributed by atoms with Crippen molar-refractivity contribution < 1.29 is 9.47 Å². The first-order chi connectivity index (χ1) is 9.41. The van der Waals surface area contributed by atoms with Gasteiger partial charge in [0.25, 0.3) is 0 Å². The zero-order valence-electron chi connectivity index (χ0n) is 13.4. The van der Waals surface area contributed by atoms with Crippen molar-refractivity contribution in [1.29, 1.82) is 0 Å². The van der Waals surface area contributed by atoms with Crippen LogP contribution in [0.5, 0.6) is 0 Å². The molecule has 0 spiro atoms. The van der Waals surface area contributed by atoms with Crippen LogP contribution in [0.2, 0.25) is 0 Å². The normalized spacial score (nSPS) is 11.1. The van der Waals surface area contributed by atoms with Crippen LogP contribution in [0.1, 0.15) is 90.4 Å². The van der Waals surface area contributed by atoms with Crippen molar-refractivity contribution in [3.63, 3.8) is 0 Å². The average molecular weight is 272 g/mol. The Morgan fingerprint density at radius 2 is 1.00 bits per heavy atom. The molecule has 0 heterocycles. The minimum atomic E-state index is 0.443. The lowest BCUT2D eigenvalue weighted by Gasteiger charge is -2.04. The van der Waals surface area contributed by atoms with Gasteiger partial charge in [-0.15, -0.1) is 0 Å². The Hall–Kier alpha value is -0.0800. The van der Waals surface area contributed by atoms with E-state index in [0.29, 0.717) is 6.79 Å². The molecule has 0 aliphatic carbocycles. The van der Waals surface area contributed by atoms with Crippen molar-refractivity contribution >= 4 is 0 Å². The van der Waals surface area contributed by atoms with Gasteiger partial charge in [0, 0.05) is 13.7 Å². The Morgan fingerprint density at radius 1 is 0.579 bits per heavy atom. The van der Waals surface area contributed by atoms with Crippen LogP contribution in [-0.4, -0.2) is 20.5 Å². The molecular weight excluding hydrogens is 236 g/mol. The molecule has 0 amide bonds. The van der Waals surface area contributed by atoms with Crippen molar-refractivity contribution in [2.45, 2.75) is 90.4 Å². The Bertz CT molecular complexity index is 132. The zero-order chi connectivity index (χ0) is 14.0. The maximum absolute atomic E-state index is 5.26. The molecule has 0 atom stereocenters. The molecule has 0 aromatic carbocycles. The maximum atomic E-state index is 5.26. The molecule has 0 bridgehead atoms. The number of hydrogen-bond acceptors (Lipinski definition) is 2. The van der Waals surface area contributed by atoms with Crippen LogP contribution < -0.4 is 0 Å². The fourth-order valence-corrected chi connectivity index (χ4v) is 2.36. The first-order valence-electron chi connectivity index (χ1n) is 8.48. The fraction of sp³-hybridized carbons (Fsp3) is 1.00. The maximum Gasteiger partial charge on any atom is 0.146 e. The molecule has 0 aliphatic rings. The summed E-state index contributed by atoms with van der Waals surface area (Å²) in [5, 5.41) is 0. The van der Waals surface area contributed by atoms with Crippen LogP contribution in [0.4, 0.5) is 0 Å². The molecule has 0 aromatic rings. The van der Waals surface area contributed by atoms with Crippen LogP contribution in [-0.2, 0) is 9.47 Å². The molecule has 0 radical (unpaired) electrons. The van der Waals surface area contributed by atoms with Gasteiger partial charge in [-0.25, -0.2) is 0 Å². The molecule has 0 N–H and O–H groups in total. The lowest BCUT2D eigenvalue weighted by Crippen LogP contribution is -1.98. The predicted octanol–water partition coefficient (Wildman–Crippen LogP) is 5.70. The van der Waals surface area contributed by atoms with Crippen molar-refractivity contribution in [2.75, 3.05) is 20.5 Å². The summed E-state index contributed by atoms with van der Waals surface area (Å²) < 4.78 is 10.1. The zero-order valence-corrected chi connectivity index (χ0v) is 13.4. The predicted molar refractivity (Wildman–Crippen MR) is 83.5 cm³/mol. The third kappa shape index (κ3) is 17.9. The van der Waals surface area contributed by atoms with Gasteiger partial charge in [-0.2, -0.15) is 0 Å². The second-order valence-corrected chi connectivity index (χ2v) is 5.56. The second-order valence-electron chi connectivity index (χ2n) is 5.56. The van der Waals surface area contributed by atoms with E-state index in [0.717, 1.165) is 6.61 Å². The lowest BCUT2D eigenvalue weighted by molar-refractivity contribution is -0.0315. The molecular formula is C17H36O2. The number of hydrogen-bond donors (Lipinski definition) is 0. The highest BCUT2D eigenvalue weighted by atomic mass is 16.7. The number of methoxy groups -OCH3 is 1. The first kappa shape index (κ1) is 18.9. The standard InChI is InChI=1S/C17H36O2/c1-3-4-5-6-7-8-9-10-11-12-13-14-15-16-19-17-18-2/h3-17H2,1-2H3. The van der Waals surface area contributed by atoms with E-state index >= 15 is 0 Å². The minimum absolute atomic E-state index is 0.443. The molecule has 2 nitrogen and oxygen atoms in total. The fourth-order valence-electron chi connectivity index (χ4n) is 2.36. The van der Waals surface area contributed by atoms with Gasteiger partial charge in [0.1, 0.15) is 6.79 Å². The summed E-state index contributed by atoms with van der Waals surface area (Å²) in [7, 11) is 1.67. The number of unbranched alkanes of at least 4 members (excludes halogenated alkanes) is 12. The summed E-state index contributed by atoms with van der Waals surface area (Å²) in [5.41, 5.74) is 0. The molecule has 0 saturated heterocycles. The van der Waals surface area contributed by atoms with Crippen molar-refractivity contribution in [2.24, 2.45) is 0 Å². The summed E-state index contributed by atoms with van der Waals surface area (Å²) >= 11 is 0. The monoisotopic (exact) mass is 272 g/mol. The van der Waals surface area contributed by atoms with Crippen molar-refractivity contribution in [1.82, 2.24) is 0 Å². The molecule has 116 valence electrons. The molecule has 0 aliphatic heterocycles. The Morgan fingerprint density at radius 3 is 1.42 bits per heavy atom. The van der Waals surface area contributed by atoms with Gasteiger partial charge in [0.2, 0.25) is 0 Å². The van der Waals surface area contributed by atoms with E-state index in [-0.39, 0.29) is 0 Å². The molecule has 0 unspecified atom stereocenters. The van der Waals surface area contributed by atoms with E-state index in [4.69, 9.17) is 9.47 Å². The average Bonchev–Trinajstić information content (AvgIpc) is 2.43. The van der Waals surface area contributed by atoms with E-state index < -0.39 is 0 Å². The summed E-state index contributed by atoms with van der Waals surface area (Å²) in [6.45, 7) is 3.58. The van der Waals surface area contributed by atoms with E-state index in [1.165, 1.54) is 83.5 Å². The van der Waals surface area contributed by atoms with E-state index in [9.17, 15) is 0 Å². The SMILES string of the molecule is CCCCCCCCCCCCCCCOCOC. The Balaban J connectivity index is 2.88. The van der Waals surface area contributed by atoms with Gasteiger partial charge in [-0.1, -0.05) is 84.0 Å². The van der Waals surface area contributed by atoms with Crippen LogP contribution in [0.3, 0.4) is 0 Å². The highest BCUT2D eigenvalue weighted by Crippen LogP contribution is 2.12. The minimum Gasteiger partial charge on any atom is -0.359 e. The largest absolute Gasteiger partial charge is 0.359 e. The third-order valence-corrected chi connectivity index (χ3v) is 3.59. The van der Waals surface area contributed by atoms with Crippen molar-refractivity contribution in [3.05, 3.63) is 0 Å². The number of ether oxygens (including phenoxy) is 2. The highest BCUT2D eigenvalue weighted by molar-refractivity contribution is 4.48. The van der Waals surface area contributed by atoms with E-state index in [1.807, 2.05) is 0 Å². The first-order valence-corrected chi connectivity index (χ1v) is 8.48. The molecule has 0 rings (SSSR count). The molecule has 0 aromatic heterocycles. The van der Waals surface area contributed by atoms with Crippen LogP contribution in [0.15, 0.2) is 0 Å². The van der Waals surface area contributed by atoms with Gasteiger partial charge in [0.15, 0.2) is 0 Å². The van der Waals surface area contributed by atoms with Gasteiger partial charge in [-0.05, 0) is 6.42 Å². The van der Waals surface area contributed by atoms with Crippen LogP contribution in [0.25, 0.3) is 0 Å². The van der Waals surface area contributed by atoms with E-state index in [1.54, 1.807) is 7.11 Å². The Labute approximate surface area is 121 Å². The van der Waals surface area contributed by atoms with Crippen molar-refractivity contribution in [3.8, 4) is 0 Å². The van der Waals surface area contributed by atoms with Gasteiger partial charge in [-0.3, -0.25) is 0 Å². The second kappa shape index (κ2) is 17.9. The summed E-state index contributed by atoms with van der Waals surface area (Å²) in [6.07, 6.45) is 18.2. The van der Waals surface area contributed by atoms with Gasteiger partial charge < -0.3 is 9.47 Å². The summed E-state index contributed by atoms with van der Waals surface area (Å²) in [4.78, 5) is 0. The van der Waals surface area contributed by atoms with Gasteiger partial charge in [0.05, 0.1) is 0 Å². The summed E-state index contributed by atoms with van der Waals surface area (Å²) in [5.74, 6) is 0. The summed E-state index contributed by atoms with van der Waals surface area (Å²) in [6, 6.07) is 0. The highest BCUT2D eigenvalue weighted by Gasteiger charge is 1.93. The smallest absolute Gasteiger partial charge is 0.146 e. The molecule has 19 heavy (non-hydrogen) atoms. The number of rotatable bonds is 16. The lowest BCUT2D eigenvalue weighted by atomic mass is 10.0.